The van der Waals surface area contributed by atoms with Gasteiger partial charge in [0.2, 0.25) is 0 Å². The molecule has 0 spiro atoms. The minimum Gasteiger partial charge on any atom is -0.489 e. The Balaban J connectivity index is 1.33. The maximum Gasteiger partial charge on any atom is 0.270 e. The topological polar surface area (TPSA) is 51.2 Å². The first kappa shape index (κ1) is 17.7. The minimum atomic E-state index is -0.185. The molecule has 1 aromatic heterocycles. The molecule has 4 nitrogen and oxygen atoms in total. The van der Waals surface area contributed by atoms with Crippen LogP contribution in [0.3, 0.4) is 0 Å². The molecular weight excluding hydrogens is 348 g/mol. The van der Waals surface area contributed by atoms with Crippen molar-refractivity contribution >= 4 is 16.8 Å². The molecule has 3 aromatic carbocycles. The first-order chi connectivity index (χ1) is 13.8. The molecule has 28 heavy (non-hydrogen) atoms. The summed E-state index contributed by atoms with van der Waals surface area (Å²) in [6.45, 7) is 0.969. The zero-order chi connectivity index (χ0) is 19.2. The highest BCUT2D eigenvalue weighted by Crippen LogP contribution is 2.15. The number of pyridine rings is 1. The third kappa shape index (κ3) is 4.35. The smallest absolute Gasteiger partial charge is 0.270 e. The van der Waals surface area contributed by atoms with E-state index in [0.29, 0.717) is 18.8 Å². The molecule has 1 amide bonds. The lowest BCUT2D eigenvalue weighted by molar-refractivity contribution is 0.0946. The molecule has 0 aliphatic rings. The van der Waals surface area contributed by atoms with Crippen molar-refractivity contribution in [3.8, 4) is 5.75 Å². The second kappa shape index (κ2) is 8.35. The fourth-order valence-electron chi connectivity index (χ4n) is 2.91. The molecule has 4 heteroatoms. The highest BCUT2D eigenvalue weighted by Gasteiger charge is 2.08. The molecule has 0 unspecified atom stereocenters. The van der Waals surface area contributed by atoms with Crippen LogP contribution < -0.4 is 10.1 Å². The van der Waals surface area contributed by atoms with Crippen molar-refractivity contribution < 1.29 is 9.53 Å². The van der Waals surface area contributed by atoms with Gasteiger partial charge in [-0.15, -0.1) is 0 Å². The van der Waals surface area contributed by atoms with Gasteiger partial charge >= 0.3 is 0 Å². The quantitative estimate of drug-likeness (QED) is 0.535. The monoisotopic (exact) mass is 368 g/mol. The van der Waals surface area contributed by atoms with Crippen LogP contribution in [0, 0.1) is 0 Å². The van der Waals surface area contributed by atoms with Crippen molar-refractivity contribution in [2.75, 3.05) is 0 Å². The highest BCUT2D eigenvalue weighted by molar-refractivity contribution is 5.94. The second-order valence-electron chi connectivity index (χ2n) is 6.49. The first-order valence-corrected chi connectivity index (χ1v) is 9.17. The Morgan fingerprint density at radius 2 is 1.54 bits per heavy atom. The summed E-state index contributed by atoms with van der Waals surface area (Å²) < 4.78 is 5.79. The zero-order valence-corrected chi connectivity index (χ0v) is 15.3. The lowest BCUT2D eigenvalue weighted by atomic mass is 10.2. The molecule has 4 aromatic rings. The van der Waals surface area contributed by atoms with Crippen LogP contribution in [0.15, 0.2) is 91.0 Å². The summed E-state index contributed by atoms with van der Waals surface area (Å²) in [6, 6.07) is 29.2. The molecule has 0 fully saturated rings. The van der Waals surface area contributed by atoms with E-state index in [9.17, 15) is 4.79 Å². The maximum atomic E-state index is 12.4. The molecular formula is C24H20N2O2. The summed E-state index contributed by atoms with van der Waals surface area (Å²) in [5.74, 6) is 0.616. The Kier molecular flexibility index (Phi) is 5.29. The molecule has 0 saturated carbocycles. The number of benzene rings is 3. The molecule has 0 radical (unpaired) electrons. The SMILES string of the molecule is O=C(NCc1ccc(OCc2ccccc2)cc1)c1ccc2ccccc2n1. The Labute approximate surface area is 163 Å². The van der Waals surface area contributed by atoms with Crippen LogP contribution in [0.2, 0.25) is 0 Å². The Morgan fingerprint density at radius 3 is 2.36 bits per heavy atom. The Bertz CT molecular complexity index is 1080. The van der Waals surface area contributed by atoms with Gasteiger partial charge in [0.1, 0.15) is 18.1 Å². The van der Waals surface area contributed by atoms with E-state index in [1.165, 1.54) is 0 Å². The van der Waals surface area contributed by atoms with E-state index in [-0.39, 0.29) is 5.91 Å². The van der Waals surface area contributed by atoms with Gasteiger partial charge in [0.15, 0.2) is 0 Å². The summed E-state index contributed by atoms with van der Waals surface area (Å²) in [5.41, 5.74) is 3.36. The number of hydrogen-bond donors (Lipinski definition) is 1. The van der Waals surface area contributed by atoms with Crippen LogP contribution in [0.5, 0.6) is 5.75 Å². The summed E-state index contributed by atoms with van der Waals surface area (Å²) in [5, 5.41) is 3.93. The van der Waals surface area contributed by atoms with Gasteiger partial charge in [0, 0.05) is 11.9 Å². The van der Waals surface area contributed by atoms with Crippen LogP contribution in [0.4, 0.5) is 0 Å². The minimum absolute atomic E-state index is 0.185. The normalized spacial score (nSPS) is 10.6. The summed E-state index contributed by atoms with van der Waals surface area (Å²) in [6.07, 6.45) is 0. The summed E-state index contributed by atoms with van der Waals surface area (Å²) in [4.78, 5) is 16.8. The van der Waals surface area contributed by atoms with Gasteiger partial charge in [-0.2, -0.15) is 0 Å². The van der Waals surface area contributed by atoms with Crippen molar-refractivity contribution in [3.63, 3.8) is 0 Å². The van der Waals surface area contributed by atoms with E-state index < -0.39 is 0 Å². The number of carbonyl (C=O) groups excluding carboxylic acids is 1. The van der Waals surface area contributed by atoms with Crippen molar-refractivity contribution in [2.24, 2.45) is 0 Å². The zero-order valence-electron chi connectivity index (χ0n) is 15.3. The van der Waals surface area contributed by atoms with Gasteiger partial charge in [0.05, 0.1) is 5.52 Å². The van der Waals surface area contributed by atoms with E-state index in [0.717, 1.165) is 27.8 Å². The van der Waals surface area contributed by atoms with Gasteiger partial charge in [-0.05, 0) is 35.4 Å². The van der Waals surface area contributed by atoms with Crippen LogP contribution in [-0.2, 0) is 13.2 Å². The molecule has 0 atom stereocenters. The molecule has 0 aliphatic heterocycles. The largest absolute Gasteiger partial charge is 0.489 e. The van der Waals surface area contributed by atoms with Gasteiger partial charge in [-0.3, -0.25) is 4.79 Å². The number of fused-ring (bicyclic) bond motifs is 1. The highest BCUT2D eigenvalue weighted by atomic mass is 16.5. The van der Waals surface area contributed by atoms with E-state index in [1.807, 2.05) is 84.9 Å². The molecule has 0 bridgehead atoms. The second-order valence-corrected chi connectivity index (χ2v) is 6.49. The Hall–Kier alpha value is -3.66. The molecule has 0 aliphatic carbocycles. The number of carbonyl (C=O) groups is 1. The number of amides is 1. The summed E-state index contributed by atoms with van der Waals surface area (Å²) in [7, 11) is 0. The Morgan fingerprint density at radius 1 is 0.786 bits per heavy atom. The number of ether oxygens (including phenoxy) is 1. The number of nitrogens with one attached hydrogen (secondary N) is 1. The van der Waals surface area contributed by atoms with Gasteiger partial charge in [-0.25, -0.2) is 4.98 Å². The molecule has 4 rings (SSSR count). The standard InChI is InChI=1S/C24H20N2O2/c27-24(23-15-12-20-8-4-5-9-22(20)26-23)25-16-18-10-13-21(14-11-18)28-17-19-6-2-1-3-7-19/h1-15H,16-17H2,(H,25,27). The van der Waals surface area contributed by atoms with Crippen molar-refractivity contribution in [1.82, 2.24) is 10.3 Å². The van der Waals surface area contributed by atoms with Gasteiger partial charge in [-0.1, -0.05) is 66.7 Å². The van der Waals surface area contributed by atoms with E-state index in [2.05, 4.69) is 10.3 Å². The maximum absolute atomic E-state index is 12.4. The molecule has 0 saturated heterocycles. The van der Waals surface area contributed by atoms with Gasteiger partial charge < -0.3 is 10.1 Å². The van der Waals surface area contributed by atoms with E-state index in [1.54, 1.807) is 6.07 Å². The number of nitrogens with zero attached hydrogens (tertiary/aromatic N) is 1. The van der Waals surface area contributed by atoms with Crippen LogP contribution in [-0.4, -0.2) is 10.9 Å². The fourth-order valence-corrected chi connectivity index (χ4v) is 2.91. The van der Waals surface area contributed by atoms with Crippen LogP contribution in [0.25, 0.3) is 10.9 Å². The van der Waals surface area contributed by atoms with Gasteiger partial charge in [0.25, 0.3) is 5.91 Å². The summed E-state index contributed by atoms with van der Waals surface area (Å²) >= 11 is 0. The number of hydrogen-bond acceptors (Lipinski definition) is 3. The van der Waals surface area contributed by atoms with Crippen molar-refractivity contribution in [3.05, 3.63) is 108 Å². The van der Waals surface area contributed by atoms with Crippen LogP contribution >= 0.6 is 0 Å². The predicted octanol–water partition coefficient (Wildman–Crippen LogP) is 4.74. The molecule has 1 heterocycles. The lowest BCUT2D eigenvalue weighted by Gasteiger charge is -2.08. The number of aromatic nitrogens is 1. The third-order valence-corrected chi connectivity index (χ3v) is 4.46. The lowest BCUT2D eigenvalue weighted by Crippen LogP contribution is -2.23. The number of para-hydroxylation sites is 1. The average Bonchev–Trinajstić information content (AvgIpc) is 2.77. The predicted molar refractivity (Wildman–Crippen MR) is 110 cm³/mol. The molecule has 138 valence electrons. The fraction of sp³-hybridized carbons (Fsp3) is 0.0833. The van der Waals surface area contributed by atoms with E-state index >= 15 is 0 Å². The average molecular weight is 368 g/mol. The first-order valence-electron chi connectivity index (χ1n) is 9.17. The van der Waals surface area contributed by atoms with Crippen molar-refractivity contribution in [2.45, 2.75) is 13.2 Å². The third-order valence-electron chi connectivity index (χ3n) is 4.46. The van der Waals surface area contributed by atoms with Crippen LogP contribution in [0.1, 0.15) is 21.6 Å². The van der Waals surface area contributed by atoms with E-state index in [4.69, 9.17) is 4.74 Å². The van der Waals surface area contributed by atoms with Crippen molar-refractivity contribution in [1.29, 1.82) is 0 Å². The molecule has 1 N–H and O–H groups in total. The number of rotatable bonds is 6.